The molecule has 36 heavy (non-hydrogen) atoms. The minimum atomic E-state index is -0.205. The highest BCUT2D eigenvalue weighted by molar-refractivity contribution is 6.08. The van der Waals surface area contributed by atoms with E-state index >= 15 is 0 Å². The Morgan fingerprint density at radius 2 is 1.56 bits per heavy atom. The molecule has 2 aromatic carbocycles. The molecule has 1 N–H and O–H groups in total. The van der Waals surface area contributed by atoms with Crippen molar-refractivity contribution in [2.24, 2.45) is 0 Å². The number of nitrogens with zero attached hydrogens (tertiary/aromatic N) is 3. The molecule has 0 amide bonds. The fourth-order valence-electron chi connectivity index (χ4n) is 4.47. The fourth-order valence-corrected chi connectivity index (χ4v) is 4.47. The second-order valence-electron chi connectivity index (χ2n) is 8.29. The van der Waals surface area contributed by atoms with E-state index in [1.54, 1.807) is 0 Å². The number of fused-ring (bicyclic) bond motifs is 3. The van der Waals surface area contributed by atoms with E-state index in [0.29, 0.717) is 6.54 Å². The van der Waals surface area contributed by atoms with Gasteiger partial charge in [-0.15, -0.1) is 49.6 Å². The van der Waals surface area contributed by atoms with Gasteiger partial charge in [-0.05, 0) is 68.8 Å². The molecule has 2 heterocycles. The standard InChI is InChI=1S/C27H33FN4.4ClH/c1-3-31(4-2)18-8-7-16-29-19-25-27-24(15-17-30-25)23-9-5-6-10-26(23)32(27)20-21-11-13-22(28)14-12-21;;;;/h5-6,9-15,17,29H,3-4,7-8,16,18-20H2,1-2H3;4*1H. The number of hydrogen-bond acceptors (Lipinski definition) is 3. The molecule has 0 spiro atoms. The zero-order valence-electron chi connectivity index (χ0n) is 20.8. The summed E-state index contributed by atoms with van der Waals surface area (Å²) in [5.74, 6) is -0.205. The first-order valence-corrected chi connectivity index (χ1v) is 11.7. The van der Waals surface area contributed by atoms with Gasteiger partial charge in [0.2, 0.25) is 0 Å². The third-order valence-corrected chi connectivity index (χ3v) is 6.27. The molecule has 0 aliphatic rings. The monoisotopic (exact) mass is 576 g/mol. The topological polar surface area (TPSA) is 33.1 Å². The average molecular weight is 578 g/mol. The van der Waals surface area contributed by atoms with Crippen LogP contribution in [0.5, 0.6) is 0 Å². The maximum absolute atomic E-state index is 13.4. The predicted octanol–water partition coefficient (Wildman–Crippen LogP) is 7.28. The molecule has 0 saturated carbocycles. The summed E-state index contributed by atoms with van der Waals surface area (Å²) in [5, 5.41) is 6.05. The molecule has 0 saturated heterocycles. The smallest absolute Gasteiger partial charge is 0.123 e. The van der Waals surface area contributed by atoms with E-state index in [2.05, 4.69) is 59.0 Å². The molecule has 9 heteroatoms. The van der Waals surface area contributed by atoms with Crippen LogP contribution in [-0.4, -0.2) is 40.6 Å². The van der Waals surface area contributed by atoms with Crippen LogP contribution in [0.4, 0.5) is 4.39 Å². The van der Waals surface area contributed by atoms with Gasteiger partial charge < -0.3 is 14.8 Å². The van der Waals surface area contributed by atoms with E-state index in [1.165, 1.54) is 34.8 Å². The summed E-state index contributed by atoms with van der Waals surface area (Å²) in [6, 6.07) is 17.4. The highest BCUT2D eigenvalue weighted by atomic mass is 35.5. The number of rotatable bonds is 11. The van der Waals surface area contributed by atoms with E-state index in [1.807, 2.05) is 18.3 Å². The van der Waals surface area contributed by atoms with E-state index in [0.717, 1.165) is 55.9 Å². The summed E-state index contributed by atoms with van der Waals surface area (Å²) in [6.07, 6.45) is 4.27. The van der Waals surface area contributed by atoms with Crippen LogP contribution in [0.3, 0.4) is 0 Å². The third-order valence-electron chi connectivity index (χ3n) is 6.27. The maximum atomic E-state index is 13.4. The van der Waals surface area contributed by atoms with Gasteiger partial charge in [0.05, 0.1) is 11.2 Å². The summed E-state index contributed by atoms with van der Waals surface area (Å²) >= 11 is 0. The second-order valence-corrected chi connectivity index (χ2v) is 8.29. The van der Waals surface area contributed by atoms with Gasteiger partial charge in [-0.3, -0.25) is 4.98 Å². The lowest BCUT2D eigenvalue weighted by Gasteiger charge is -2.17. The number of para-hydroxylation sites is 1. The van der Waals surface area contributed by atoms with Gasteiger partial charge in [0.15, 0.2) is 0 Å². The molecular formula is C27H37Cl4FN4. The first-order valence-electron chi connectivity index (χ1n) is 11.7. The van der Waals surface area contributed by atoms with Gasteiger partial charge in [-0.2, -0.15) is 0 Å². The van der Waals surface area contributed by atoms with Crippen molar-refractivity contribution in [2.45, 2.75) is 39.8 Å². The molecule has 200 valence electrons. The van der Waals surface area contributed by atoms with Crippen molar-refractivity contribution in [3.8, 4) is 0 Å². The Bertz CT molecular complexity index is 1160. The molecule has 0 radical (unpaired) electrons. The fraction of sp³-hybridized carbons (Fsp3) is 0.370. The van der Waals surface area contributed by atoms with Gasteiger partial charge in [0.1, 0.15) is 5.82 Å². The maximum Gasteiger partial charge on any atom is 0.123 e. The lowest BCUT2D eigenvalue weighted by Crippen LogP contribution is -2.25. The zero-order valence-corrected chi connectivity index (χ0v) is 24.0. The first-order chi connectivity index (χ1) is 15.7. The molecule has 0 unspecified atom stereocenters. The predicted molar refractivity (Wildman–Crippen MR) is 160 cm³/mol. The summed E-state index contributed by atoms with van der Waals surface area (Å²) < 4.78 is 15.7. The van der Waals surface area contributed by atoms with Crippen LogP contribution in [0.25, 0.3) is 21.8 Å². The average Bonchev–Trinajstić information content (AvgIpc) is 3.14. The molecule has 4 nitrogen and oxygen atoms in total. The van der Waals surface area contributed by atoms with Crippen molar-refractivity contribution in [1.29, 1.82) is 0 Å². The van der Waals surface area contributed by atoms with Crippen LogP contribution >= 0.6 is 49.6 Å². The second kappa shape index (κ2) is 17.0. The number of unbranched alkanes of at least 4 members (excludes halogenated alkanes) is 1. The summed E-state index contributed by atoms with van der Waals surface area (Å²) in [4.78, 5) is 7.21. The van der Waals surface area contributed by atoms with Crippen molar-refractivity contribution < 1.29 is 4.39 Å². The Hall–Kier alpha value is -1.60. The molecule has 4 rings (SSSR count). The van der Waals surface area contributed by atoms with Gasteiger partial charge in [0, 0.05) is 35.6 Å². The molecule has 0 aliphatic carbocycles. The Morgan fingerprint density at radius 3 is 2.25 bits per heavy atom. The molecule has 0 fully saturated rings. The lowest BCUT2D eigenvalue weighted by atomic mass is 10.1. The minimum absolute atomic E-state index is 0. The number of benzene rings is 2. The normalized spacial score (nSPS) is 10.4. The molecule has 0 atom stereocenters. The van der Waals surface area contributed by atoms with Crippen LogP contribution in [0, 0.1) is 5.82 Å². The molecular weight excluding hydrogens is 541 g/mol. The quantitative estimate of drug-likeness (QED) is 0.190. The highest BCUT2D eigenvalue weighted by Gasteiger charge is 2.15. The Morgan fingerprint density at radius 1 is 0.861 bits per heavy atom. The summed E-state index contributed by atoms with van der Waals surface area (Å²) in [7, 11) is 0. The summed E-state index contributed by atoms with van der Waals surface area (Å²) in [6.45, 7) is 10.3. The van der Waals surface area contributed by atoms with Gasteiger partial charge in [-0.1, -0.05) is 44.2 Å². The first kappa shape index (κ1) is 34.4. The van der Waals surface area contributed by atoms with Gasteiger partial charge >= 0.3 is 0 Å². The van der Waals surface area contributed by atoms with Crippen LogP contribution < -0.4 is 5.32 Å². The largest absolute Gasteiger partial charge is 0.334 e. The van der Waals surface area contributed by atoms with E-state index in [-0.39, 0.29) is 55.4 Å². The number of halogens is 5. The molecule has 0 bridgehead atoms. The number of nitrogens with one attached hydrogen (secondary N) is 1. The van der Waals surface area contributed by atoms with Crippen LogP contribution in [0.2, 0.25) is 0 Å². The Labute approximate surface area is 238 Å². The van der Waals surface area contributed by atoms with Crippen molar-refractivity contribution in [2.75, 3.05) is 26.2 Å². The van der Waals surface area contributed by atoms with Gasteiger partial charge in [-0.25, -0.2) is 4.39 Å². The Balaban J connectivity index is 0.00000306. The Kier molecular flexibility index (Phi) is 16.3. The summed E-state index contributed by atoms with van der Waals surface area (Å²) in [5.41, 5.74) is 4.48. The van der Waals surface area contributed by atoms with Crippen molar-refractivity contribution in [3.05, 3.63) is 77.9 Å². The third kappa shape index (κ3) is 8.20. The number of aromatic nitrogens is 2. The van der Waals surface area contributed by atoms with E-state index in [4.69, 9.17) is 4.98 Å². The van der Waals surface area contributed by atoms with Crippen LogP contribution in [0.15, 0.2) is 60.8 Å². The number of pyridine rings is 1. The molecule has 4 aromatic rings. The molecule has 2 aromatic heterocycles. The molecule has 0 aliphatic heterocycles. The van der Waals surface area contributed by atoms with Crippen molar-refractivity contribution in [3.63, 3.8) is 0 Å². The van der Waals surface area contributed by atoms with Gasteiger partial charge in [0.25, 0.3) is 0 Å². The SMILES string of the molecule is CCN(CC)CCCCNCc1nccc2c3ccccc3n(Cc3ccc(F)cc3)c12.Cl.Cl.Cl.Cl. The number of hydrogen-bond donors (Lipinski definition) is 1. The van der Waals surface area contributed by atoms with E-state index < -0.39 is 0 Å². The van der Waals surface area contributed by atoms with Crippen molar-refractivity contribution >= 4 is 71.4 Å². The van der Waals surface area contributed by atoms with E-state index in [9.17, 15) is 4.39 Å². The highest BCUT2D eigenvalue weighted by Crippen LogP contribution is 2.31. The van der Waals surface area contributed by atoms with Crippen LogP contribution in [0.1, 0.15) is 37.9 Å². The minimum Gasteiger partial charge on any atom is -0.334 e. The van der Waals surface area contributed by atoms with Crippen molar-refractivity contribution in [1.82, 2.24) is 19.8 Å². The van der Waals surface area contributed by atoms with Crippen LogP contribution in [-0.2, 0) is 13.1 Å². The lowest BCUT2D eigenvalue weighted by molar-refractivity contribution is 0.296. The zero-order chi connectivity index (χ0) is 22.3.